The van der Waals surface area contributed by atoms with Crippen molar-refractivity contribution in [2.24, 2.45) is 0 Å². The average Bonchev–Trinajstić information content (AvgIpc) is 3.36. The number of benzene rings is 6. The standard InChI is InChI=1S/C45H32N2/c1-45(2)41-25-33(43-27-31(21-23-46-43)37-15-7-11-29-9-3-5-13-35(29)37)17-19-39(41)40-20-18-34(26-42(40)45)44-28-32(22-24-47-44)38-16-8-12-30-10-4-6-14-36(30)38/h3-28H,1-2H3. The van der Waals surface area contributed by atoms with Gasteiger partial charge in [0, 0.05) is 28.9 Å². The van der Waals surface area contributed by atoms with Crippen LogP contribution in [0, 0.1) is 0 Å². The monoisotopic (exact) mass is 600 g/mol. The van der Waals surface area contributed by atoms with Crippen LogP contribution in [0.3, 0.4) is 0 Å². The van der Waals surface area contributed by atoms with Gasteiger partial charge in [0.1, 0.15) is 0 Å². The molecule has 0 spiro atoms. The van der Waals surface area contributed by atoms with Gasteiger partial charge in [0.15, 0.2) is 0 Å². The van der Waals surface area contributed by atoms with E-state index in [9.17, 15) is 0 Å². The van der Waals surface area contributed by atoms with Gasteiger partial charge in [-0.25, -0.2) is 0 Å². The third-order valence-electron chi connectivity index (χ3n) is 9.99. The summed E-state index contributed by atoms with van der Waals surface area (Å²) >= 11 is 0. The number of rotatable bonds is 4. The highest BCUT2D eigenvalue weighted by atomic mass is 14.7. The number of fused-ring (bicyclic) bond motifs is 5. The van der Waals surface area contributed by atoms with E-state index in [0.29, 0.717) is 0 Å². The number of hydrogen-bond donors (Lipinski definition) is 0. The number of hydrogen-bond acceptors (Lipinski definition) is 2. The summed E-state index contributed by atoms with van der Waals surface area (Å²) in [6.45, 7) is 4.68. The summed E-state index contributed by atoms with van der Waals surface area (Å²) in [6, 6.07) is 52.6. The molecule has 0 atom stereocenters. The minimum absolute atomic E-state index is 0.169. The van der Waals surface area contributed by atoms with Crippen molar-refractivity contribution >= 4 is 21.5 Å². The van der Waals surface area contributed by atoms with Crippen LogP contribution in [0.5, 0.6) is 0 Å². The molecule has 8 aromatic rings. The van der Waals surface area contributed by atoms with Crippen LogP contribution >= 0.6 is 0 Å². The Balaban J connectivity index is 1.08. The molecule has 47 heavy (non-hydrogen) atoms. The Kier molecular flexibility index (Phi) is 6.20. The van der Waals surface area contributed by atoms with Crippen LogP contribution in [0.4, 0.5) is 0 Å². The molecule has 2 nitrogen and oxygen atoms in total. The highest BCUT2D eigenvalue weighted by Crippen LogP contribution is 2.50. The fourth-order valence-electron chi connectivity index (χ4n) is 7.52. The molecular weight excluding hydrogens is 569 g/mol. The maximum absolute atomic E-state index is 4.84. The molecular formula is C45H32N2. The average molecular weight is 601 g/mol. The fraction of sp³-hybridized carbons (Fsp3) is 0.0667. The first kappa shape index (κ1) is 27.5. The van der Waals surface area contributed by atoms with Crippen LogP contribution in [-0.2, 0) is 5.41 Å². The summed E-state index contributed by atoms with van der Waals surface area (Å²) < 4.78 is 0. The first-order chi connectivity index (χ1) is 23.0. The largest absolute Gasteiger partial charge is 0.256 e. The summed E-state index contributed by atoms with van der Waals surface area (Å²) in [5.74, 6) is 0. The molecule has 0 amide bonds. The lowest BCUT2D eigenvalue weighted by Gasteiger charge is -2.22. The van der Waals surface area contributed by atoms with Crippen molar-refractivity contribution in [3.05, 3.63) is 169 Å². The van der Waals surface area contributed by atoms with E-state index in [1.54, 1.807) is 0 Å². The Morgan fingerprint density at radius 2 is 0.830 bits per heavy atom. The molecule has 0 aliphatic heterocycles. The third-order valence-corrected chi connectivity index (χ3v) is 9.99. The molecule has 0 unspecified atom stereocenters. The maximum Gasteiger partial charge on any atom is 0.0708 e. The zero-order chi connectivity index (χ0) is 31.5. The van der Waals surface area contributed by atoms with Gasteiger partial charge >= 0.3 is 0 Å². The van der Waals surface area contributed by atoms with Crippen molar-refractivity contribution in [2.75, 3.05) is 0 Å². The van der Waals surface area contributed by atoms with Crippen LogP contribution in [-0.4, -0.2) is 9.97 Å². The first-order valence-electron chi connectivity index (χ1n) is 16.2. The van der Waals surface area contributed by atoms with Gasteiger partial charge in [0.25, 0.3) is 0 Å². The highest BCUT2D eigenvalue weighted by Gasteiger charge is 2.36. The Bertz CT molecular complexity index is 2320. The van der Waals surface area contributed by atoms with E-state index in [2.05, 4.69) is 159 Å². The molecule has 0 N–H and O–H groups in total. The van der Waals surface area contributed by atoms with Gasteiger partial charge in [-0.05, 0) is 102 Å². The zero-order valence-electron chi connectivity index (χ0n) is 26.4. The van der Waals surface area contributed by atoms with Crippen LogP contribution in [0.2, 0.25) is 0 Å². The van der Waals surface area contributed by atoms with Crippen LogP contribution in [0.15, 0.2) is 158 Å². The molecule has 2 heteroatoms. The molecule has 2 heterocycles. The lowest BCUT2D eigenvalue weighted by molar-refractivity contribution is 0.661. The number of nitrogens with zero attached hydrogens (tertiary/aromatic N) is 2. The van der Waals surface area contributed by atoms with Crippen molar-refractivity contribution in [3.8, 4) is 55.9 Å². The van der Waals surface area contributed by atoms with E-state index in [1.165, 1.54) is 66.1 Å². The molecule has 2 aromatic heterocycles. The van der Waals surface area contributed by atoms with E-state index < -0.39 is 0 Å². The maximum atomic E-state index is 4.84. The van der Waals surface area contributed by atoms with Crippen molar-refractivity contribution in [2.45, 2.75) is 19.3 Å². The number of pyridine rings is 2. The minimum Gasteiger partial charge on any atom is -0.256 e. The van der Waals surface area contributed by atoms with Crippen LogP contribution < -0.4 is 0 Å². The van der Waals surface area contributed by atoms with E-state index in [-0.39, 0.29) is 5.41 Å². The lowest BCUT2D eigenvalue weighted by atomic mass is 9.81. The van der Waals surface area contributed by atoms with Gasteiger partial charge in [0.2, 0.25) is 0 Å². The minimum atomic E-state index is -0.169. The van der Waals surface area contributed by atoms with Crippen LogP contribution in [0.1, 0.15) is 25.0 Å². The van der Waals surface area contributed by atoms with Gasteiger partial charge in [-0.2, -0.15) is 0 Å². The quantitative estimate of drug-likeness (QED) is 0.201. The molecule has 6 aromatic carbocycles. The second-order valence-electron chi connectivity index (χ2n) is 13.1. The van der Waals surface area contributed by atoms with Gasteiger partial charge in [-0.1, -0.05) is 123 Å². The first-order valence-corrected chi connectivity index (χ1v) is 16.2. The molecule has 1 aliphatic carbocycles. The molecule has 222 valence electrons. The lowest BCUT2D eigenvalue weighted by Crippen LogP contribution is -2.15. The molecule has 0 radical (unpaired) electrons. The molecule has 1 aliphatic rings. The van der Waals surface area contributed by atoms with Crippen molar-refractivity contribution in [1.82, 2.24) is 9.97 Å². The molecule has 0 fully saturated rings. The van der Waals surface area contributed by atoms with Crippen molar-refractivity contribution in [1.29, 1.82) is 0 Å². The number of aromatic nitrogens is 2. The van der Waals surface area contributed by atoms with E-state index in [1.807, 2.05) is 12.4 Å². The molecule has 0 bridgehead atoms. The predicted molar refractivity (Wildman–Crippen MR) is 196 cm³/mol. The third kappa shape index (κ3) is 4.48. The molecule has 0 saturated heterocycles. The summed E-state index contributed by atoms with van der Waals surface area (Å²) in [7, 11) is 0. The fourth-order valence-corrected chi connectivity index (χ4v) is 7.52. The molecule has 0 saturated carbocycles. The SMILES string of the molecule is CC1(C)c2cc(-c3cc(-c4cccc5ccccc45)ccn3)ccc2-c2ccc(-c3cc(-c4cccc5ccccc45)ccn3)cc21. The summed E-state index contributed by atoms with van der Waals surface area (Å²) in [6.07, 6.45) is 3.87. The predicted octanol–water partition coefficient (Wildman–Crippen LogP) is 11.8. The normalized spacial score (nSPS) is 13.1. The van der Waals surface area contributed by atoms with Crippen molar-refractivity contribution in [3.63, 3.8) is 0 Å². The van der Waals surface area contributed by atoms with Gasteiger partial charge in [0.05, 0.1) is 11.4 Å². The topological polar surface area (TPSA) is 25.8 Å². The van der Waals surface area contributed by atoms with Gasteiger partial charge in [-0.15, -0.1) is 0 Å². The Hall–Kier alpha value is -5.86. The van der Waals surface area contributed by atoms with E-state index in [4.69, 9.17) is 9.97 Å². The highest BCUT2D eigenvalue weighted by molar-refractivity contribution is 5.98. The summed E-state index contributed by atoms with van der Waals surface area (Å²) in [5.41, 5.74) is 14.1. The van der Waals surface area contributed by atoms with Gasteiger partial charge < -0.3 is 0 Å². The Labute approximate surface area is 275 Å². The second kappa shape index (κ2) is 10.6. The summed E-state index contributed by atoms with van der Waals surface area (Å²) in [4.78, 5) is 9.67. The molecule has 9 rings (SSSR count). The van der Waals surface area contributed by atoms with E-state index in [0.717, 1.165) is 22.5 Å². The van der Waals surface area contributed by atoms with Crippen LogP contribution in [0.25, 0.3) is 77.4 Å². The zero-order valence-corrected chi connectivity index (χ0v) is 26.4. The van der Waals surface area contributed by atoms with E-state index >= 15 is 0 Å². The van der Waals surface area contributed by atoms with Crippen molar-refractivity contribution < 1.29 is 0 Å². The Morgan fingerprint density at radius 1 is 0.383 bits per heavy atom. The smallest absolute Gasteiger partial charge is 0.0708 e. The van der Waals surface area contributed by atoms with Gasteiger partial charge in [-0.3, -0.25) is 9.97 Å². The Morgan fingerprint density at radius 3 is 1.32 bits per heavy atom. The second-order valence-corrected chi connectivity index (χ2v) is 13.1. The summed E-state index contributed by atoms with van der Waals surface area (Å²) in [5, 5.41) is 5.00.